The van der Waals surface area contributed by atoms with Crippen LogP contribution in [0.4, 0.5) is 0 Å². The molecule has 1 aromatic heterocycles. The number of aromatic nitrogens is 3. The van der Waals surface area contributed by atoms with Crippen molar-refractivity contribution < 1.29 is 8.42 Å². The van der Waals surface area contributed by atoms with E-state index in [-0.39, 0.29) is 5.75 Å². The summed E-state index contributed by atoms with van der Waals surface area (Å²) >= 11 is 0. The minimum atomic E-state index is -3.13. The summed E-state index contributed by atoms with van der Waals surface area (Å²) in [6, 6.07) is 0. The van der Waals surface area contributed by atoms with Gasteiger partial charge in [0, 0.05) is 26.7 Å². The number of sulfonamides is 1. The van der Waals surface area contributed by atoms with E-state index in [2.05, 4.69) is 20.4 Å². The summed E-state index contributed by atoms with van der Waals surface area (Å²) in [7, 11) is -1.34. The van der Waals surface area contributed by atoms with Crippen LogP contribution in [0.25, 0.3) is 0 Å². The van der Waals surface area contributed by atoms with Gasteiger partial charge in [0.25, 0.3) is 0 Å². The minimum Gasteiger partial charge on any atom is -0.310 e. The fraction of sp³-hybridized carbons (Fsp3) is 0.750. The molecule has 0 aromatic carbocycles. The SMILES string of the molecule is CCNS(=O)(=O)CCNCc1cnnn1C. The zero-order valence-electron chi connectivity index (χ0n) is 9.47. The quantitative estimate of drug-likeness (QED) is 0.594. The number of nitrogens with zero attached hydrogens (tertiary/aromatic N) is 3. The lowest BCUT2D eigenvalue weighted by molar-refractivity contribution is 0.576. The molecule has 0 unspecified atom stereocenters. The third-order valence-electron chi connectivity index (χ3n) is 2.03. The molecule has 0 atom stereocenters. The highest BCUT2D eigenvalue weighted by Crippen LogP contribution is 1.91. The van der Waals surface area contributed by atoms with Crippen LogP contribution in [0.2, 0.25) is 0 Å². The molecule has 0 saturated heterocycles. The maximum absolute atomic E-state index is 11.3. The molecule has 0 amide bonds. The first-order valence-electron chi connectivity index (χ1n) is 5.07. The summed E-state index contributed by atoms with van der Waals surface area (Å²) in [5.74, 6) is 0.0755. The molecule has 16 heavy (non-hydrogen) atoms. The highest BCUT2D eigenvalue weighted by Gasteiger charge is 2.07. The molecule has 92 valence electrons. The Morgan fingerprint density at radius 2 is 2.25 bits per heavy atom. The van der Waals surface area contributed by atoms with E-state index in [1.807, 2.05) is 0 Å². The summed E-state index contributed by atoms with van der Waals surface area (Å²) in [6.07, 6.45) is 1.64. The van der Waals surface area contributed by atoms with Crippen molar-refractivity contribution in [1.29, 1.82) is 0 Å². The zero-order valence-corrected chi connectivity index (χ0v) is 10.3. The third kappa shape index (κ3) is 4.25. The molecule has 0 spiro atoms. The van der Waals surface area contributed by atoms with Crippen LogP contribution in [0.3, 0.4) is 0 Å². The molecule has 0 saturated carbocycles. The third-order valence-corrected chi connectivity index (χ3v) is 3.50. The summed E-state index contributed by atoms with van der Waals surface area (Å²) in [4.78, 5) is 0. The van der Waals surface area contributed by atoms with Crippen molar-refractivity contribution >= 4 is 10.0 Å². The van der Waals surface area contributed by atoms with E-state index < -0.39 is 10.0 Å². The van der Waals surface area contributed by atoms with E-state index in [4.69, 9.17) is 0 Å². The van der Waals surface area contributed by atoms with Crippen LogP contribution in [0.5, 0.6) is 0 Å². The fourth-order valence-electron chi connectivity index (χ4n) is 1.19. The number of aryl methyl sites for hydroxylation is 1. The molecule has 1 heterocycles. The largest absolute Gasteiger partial charge is 0.310 e. The van der Waals surface area contributed by atoms with Gasteiger partial charge in [-0.25, -0.2) is 13.1 Å². The van der Waals surface area contributed by atoms with E-state index >= 15 is 0 Å². The monoisotopic (exact) mass is 247 g/mol. The zero-order chi connectivity index (χ0) is 12.0. The second-order valence-electron chi connectivity index (χ2n) is 3.34. The minimum absolute atomic E-state index is 0.0755. The lowest BCUT2D eigenvalue weighted by Crippen LogP contribution is -2.31. The summed E-state index contributed by atoms with van der Waals surface area (Å²) in [5.41, 5.74) is 0.917. The Hall–Kier alpha value is -0.990. The van der Waals surface area contributed by atoms with Crippen LogP contribution in [-0.4, -0.2) is 42.3 Å². The molecular weight excluding hydrogens is 230 g/mol. The van der Waals surface area contributed by atoms with Gasteiger partial charge >= 0.3 is 0 Å². The molecule has 1 aromatic rings. The lowest BCUT2D eigenvalue weighted by atomic mass is 10.4. The Bertz CT molecular complexity index is 414. The highest BCUT2D eigenvalue weighted by atomic mass is 32.2. The van der Waals surface area contributed by atoms with Crippen LogP contribution >= 0.6 is 0 Å². The van der Waals surface area contributed by atoms with Gasteiger partial charge in [-0.05, 0) is 0 Å². The number of hydrogen-bond acceptors (Lipinski definition) is 5. The molecule has 0 radical (unpaired) electrons. The Kier molecular flexibility index (Phi) is 4.84. The van der Waals surface area contributed by atoms with Gasteiger partial charge in [0.05, 0.1) is 17.6 Å². The molecular formula is C8H17N5O2S. The highest BCUT2D eigenvalue weighted by molar-refractivity contribution is 7.89. The smallest absolute Gasteiger partial charge is 0.212 e. The first-order chi connectivity index (χ1) is 7.55. The van der Waals surface area contributed by atoms with Gasteiger partial charge in [-0.2, -0.15) is 0 Å². The van der Waals surface area contributed by atoms with Crippen LogP contribution in [-0.2, 0) is 23.6 Å². The van der Waals surface area contributed by atoms with E-state index in [0.717, 1.165) is 5.69 Å². The van der Waals surface area contributed by atoms with Crippen molar-refractivity contribution in [2.45, 2.75) is 13.5 Å². The Morgan fingerprint density at radius 3 is 2.81 bits per heavy atom. The van der Waals surface area contributed by atoms with Gasteiger partial charge in [-0.1, -0.05) is 12.1 Å². The first kappa shape index (κ1) is 13.1. The van der Waals surface area contributed by atoms with Gasteiger partial charge in [0.1, 0.15) is 0 Å². The van der Waals surface area contributed by atoms with Crippen molar-refractivity contribution in [2.24, 2.45) is 7.05 Å². The van der Waals surface area contributed by atoms with Crippen LogP contribution < -0.4 is 10.0 Å². The molecule has 0 aliphatic carbocycles. The van der Waals surface area contributed by atoms with Gasteiger partial charge in [0.15, 0.2) is 0 Å². The molecule has 0 bridgehead atoms. The summed E-state index contributed by atoms with van der Waals surface area (Å²) in [6.45, 7) is 3.14. The predicted molar refractivity (Wildman–Crippen MR) is 60.2 cm³/mol. The number of hydrogen-bond donors (Lipinski definition) is 2. The Balaban J connectivity index is 2.25. The van der Waals surface area contributed by atoms with Crippen LogP contribution in [0, 0.1) is 0 Å². The van der Waals surface area contributed by atoms with E-state index in [1.165, 1.54) is 0 Å². The van der Waals surface area contributed by atoms with E-state index in [9.17, 15) is 8.42 Å². The van der Waals surface area contributed by atoms with Gasteiger partial charge < -0.3 is 5.32 Å². The first-order valence-corrected chi connectivity index (χ1v) is 6.72. The summed E-state index contributed by atoms with van der Waals surface area (Å²) < 4.78 is 26.6. The fourth-order valence-corrected chi connectivity index (χ4v) is 2.18. The van der Waals surface area contributed by atoms with E-state index in [1.54, 1.807) is 24.9 Å². The van der Waals surface area contributed by atoms with Crippen molar-refractivity contribution in [3.05, 3.63) is 11.9 Å². The summed E-state index contributed by atoms with van der Waals surface area (Å²) in [5, 5.41) is 10.5. The Labute approximate surface area is 95.3 Å². The average Bonchev–Trinajstić information content (AvgIpc) is 2.59. The molecule has 8 heteroatoms. The molecule has 1 rings (SSSR count). The molecule has 2 N–H and O–H groups in total. The number of nitrogens with one attached hydrogen (secondary N) is 2. The van der Waals surface area contributed by atoms with Crippen molar-refractivity contribution in [3.8, 4) is 0 Å². The second kappa shape index (κ2) is 5.92. The molecule has 7 nitrogen and oxygen atoms in total. The van der Waals surface area contributed by atoms with Gasteiger partial charge in [0.2, 0.25) is 10.0 Å². The predicted octanol–water partition coefficient (Wildman–Crippen LogP) is -1.16. The molecule has 0 fully saturated rings. The van der Waals surface area contributed by atoms with Crippen molar-refractivity contribution in [3.63, 3.8) is 0 Å². The lowest BCUT2D eigenvalue weighted by Gasteiger charge is -2.05. The normalized spacial score (nSPS) is 11.9. The average molecular weight is 247 g/mol. The molecule has 0 aliphatic rings. The van der Waals surface area contributed by atoms with Crippen molar-refractivity contribution in [2.75, 3.05) is 18.8 Å². The number of rotatable bonds is 7. The second-order valence-corrected chi connectivity index (χ2v) is 5.27. The standard InChI is InChI=1S/C8H17N5O2S/c1-3-11-16(14,15)5-4-9-6-8-7-10-12-13(8)2/h7,9,11H,3-6H2,1-2H3. The van der Waals surface area contributed by atoms with Gasteiger partial charge in [-0.3, -0.25) is 4.68 Å². The Morgan fingerprint density at radius 1 is 1.50 bits per heavy atom. The topological polar surface area (TPSA) is 88.9 Å². The van der Waals surface area contributed by atoms with Crippen LogP contribution in [0.1, 0.15) is 12.6 Å². The van der Waals surface area contributed by atoms with Gasteiger partial charge in [-0.15, -0.1) is 5.10 Å². The maximum Gasteiger partial charge on any atom is 0.212 e. The molecule has 0 aliphatic heterocycles. The van der Waals surface area contributed by atoms with E-state index in [0.29, 0.717) is 19.6 Å². The maximum atomic E-state index is 11.3. The van der Waals surface area contributed by atoms with Crippen molar-refractivity contribution in [1.82, 2.24) is 25.0 Å². The van der Waals surface area contributed by atoms with Crippen LogP contribution in [0.15, 0.2) is 6.20 Å².